The van der Waals surface area contributed by atoms with Gasteiger partial charge in [0.15, 0.2) is 5.76 Å². The summed E-state index contributed by atoms with van der Waals surface area (Å²) in [5.41, 5.74) is 0.554. The fraction of sp³-hybridized carbons (Fsp3) is 0.0625. The molecule has 0 unspecified atom stereocenters. The van der Waals surface area contributed by atoms with E-state index in [1.807, 2.05) is 0 Å². The summed E-state index contributed by atoms with van der Waals surface area (Å²) in [6.45, 7) is -0.562. The molecule has 7 nitrogen and oxygen atoms in total. The zero-order chi connectivity index (χ0) is 17.5. The highest BCUT2D eigenvalue weighted by molar-refractivity contribution is 9.10. The molecule has 8 heteroatoms. The summed E-state index contributed by atoms with van der Waals surface area (Å²) in [6, 6.07) is 9.99. The number of halogens is 1. The van der Waals surface area contributed by atoms with Crippen molar-refractivity contribution in [3.05, 3.63) is 64.2 Å². The number of nitrogens with one attached hydrogen (secondary N) is 2. The number of carboxylic acid groups (broad SMARTS) is 1. The summed E-state index contributed by atoms with van der Waals surface area (Å²) >= 11 is 3.30. The van der Waals surface area contributed by atoms with Crippen LogP contribution in [-0.4, -0.2) is 29.4 Å². The molecular weight excluding hydrogens is 380 g/mol. The first-order valence-corrected chi connectivity index (χ1v) is 7.57. The second-order valence-electron chi connectivity index (χ2n) is 4.62. The molecule has 0 aliphatic carbocycles. The van der Waals surface area contributed by atoms with Gasteiger partial charge in [0, 0.05) is 4.47 Å². The Morgan fingerprint density at radius 1 is 1.17 bits per heavy atom. The number of rotatable bonds is 6. The number of carbonyl (C=O) groups excluding carboxylic acids is 2. The van der Waals surface area contributed by atoms with Crippen LogP contribution >= 0.6 is 15.9 Å². The predicted octanol–water partition coefficient (Wildman–Crippen LogP) is 2.01. The average Bonchev–Trinajstić information content (AvgIpc) is 3.08. The number of furan rings is 1. The number of carbonyl (C=O) groups is 3. The van der Waals surface area contributed by atoms with E-state index < -0.39 is 24.3 Å². The summed E-state index contributed by atoms with van der Waals surface area (Å²) in [5.74, 6) is -2.50. The second-order valence-corrected chi connectivity index (χ2v) is 5.53. The SMILES string of the molecule is O=C(O)CNC(=O)C(=Cc1ccc(Br)cc1)NC(=O)c1ccco1. The van der Waals surface area contributed by atoms with Gasteiger partial charge in [-0.1, -0.05) is 28.1 Å². The molecule has 2 aromatic rings. The van der Waals surface area contributed by atoms with Crippen molar-refractivity contribution < 1.29 is 23.9 Å². The third-order valence-electron chi connectivity index (χ3n) is 2.82. The first-order chi connectivity index (χ1) is 11.5. The maximum Gasteiger partial charge on any atom is 0.322 e. The Morgan fingerprint density at radius 2 is 1.88 bits per heavy atom. The van der Waals surface area contributed by atoms with E-state index in [0.717, 1.165) is 4.47 Å². The van der Waals surface area contributed by atoms with E-state index in [9.17, 15) is 14.4 Å². The predicted molar refractivity (Wildman–Crippen MR) is 88.9 cm³/mol. The van der Waals surface area contributed by atoms with E-state index in [-0.39, 0.29) is 11.5 Å². The van der Waals surface area contributed by atoms with Crippen LogP contribution in [0.3, 0.4) is 0 Å². The van der Waals surface area contributed by atoms with Crippen LogP contribution in [0, 0.1) is 0 Å². The fourth-order valence-corrected chi connectivity index (χ4v) is 1.99. The lowest BCUT2D eigenvalue weighted by molar-refractivity contribution is -0.137. The van der Waals surface area contributed by atoms with Crippen molar-refractivity contribution in [3.8, 4) is 0 Å². The van der Waals surface area contributed by atoms with Gasteiger partial charge < -0.3 is 20.2 Å². The number of amides is 2. The third-order valence-corrected chi connectivity index (χ3v) is 3.35. The molecule has 0 saturated carbocycles. The van der Waals surface area contributed by atoms with Gasteiger partial charge >= 0.3 is 5.97 Å². The minimum absolute atomic E-state index is 0.0303. The molecule has 1 aromatic carbocycles. The quantitative estimate of drug-likeness (QED) is 0.651. The zero-order valence-corrected chi connectivity index (χ0v) is 13.9. The van der Waals surface area contributed by atoms with Gasteiger partial charge in [-0.25, -0.2) is 0 Å². The highest BCUT2D eigenvalue weighted by atomic mass is 79.9. The van der Waals surface area contributed by atoms with Gasteiger partial charge in [-0.05, 0) is 35.9 Å². The highest BCUT2D eigenvalue weighted by Gasteiger charge is 2.16. The number of hydrogen-bond acceptors (Lipinski definition) is 4. The lowest BCUT2D eigenvalue weighted by Crippen LogP contribution is -2.37. The second kappa shape index (κ2) is 8.11. The number of hydrogen-bond donors (Lipinski definition) is 3. The molecule has 0 bridgehead atoms. The van der Waals surface area contributed by atoms with E-state index in [1.54, 1.807) is 24.3 Å². The molecule has 124 valence electrons. The Kier molecular flexibility index (Phi) is 5.91. The maximum atomic E-state index is 12.1. The van der Waals surface area contributed by atoms with Crippen molar-refractivity contribution in [2.45, 2.75) is 0 Å². The van der Waals surface area contributed by atoms with Crippen LogP contribution in [0.5, 0.6) is 0 Å². The molecule has 0 fully saturated rings. The lowest BCUT2D eigenvalue weighted by Gasteiger charge is -2.09. The normalized spacial score (nSPS) is 11.0. The first-order valence-electron chi connectivity index (χ1n) is 6.78. The van der Waals surface area contributed by atoms with Gasteiger partial charge in [0.05, 0.1) is 6.26 Å². The van der Waals surface area contributed by atoms with Gasteiger partial charge in [0.2, 0.25) is 0 Å². The van der Waals surface area contributed by atoms with Crippen molar-refractivity contribution in [3.63, 3.8) is 0 Å². The molecule has 0 radical (unpaired) electrons. The molecular formula is C16H13BrN2O5. The first kappa shape index (κ1) is 17.5. The Labute approximate surface area is 145 Å². The van der Waals surface area contributed by atoms with Crippen molar-refractivity contribution in [2.75, 3.05) is 6.54 Å². The molecule has 0 spiro atoms. The summed E-state index contributed by atoms with van der Waals surface area (Å²) in [6.07, 6.45) is 2.77. The van der Waals surface area contributed by atoms with E-state index in [0.29, 0.717) is 5.56 Å². The molecule has 0 saturated heterocycles. The van der Waals surface area contributed by atoms with E-state index in [4.69, 9.17) is 9.52 Å². The van der Waals surface area contributed by atoms with Crippen LogP contribution in [0.1, 0.15) is 16.1 Å². The lowest BCUT2D eigenvalue weighted by atomic mass is 10.2. The van der Waals surface area contributed by atoms with E-state index >= 15 is 0 Å². The van der Waals surface area contributed by atoms with Gasteiger partial charge in [-0.3, -0.25) is 14.4 Å². The molecule has 0 aliphatic heterocycles. The Bertz CT molecular complexity index is 766. The Morgan fingerprint density at radius 3 is 2.46 bits per heavy atom. The summed E-state index contributed by atoms with van der Waals surface area (Å²) in [5, 5.41) is 13.3. The van der Waals surface area contributed by atoms with Crippen LogP contribution in [0.4, 0.5) is 0 Å². The largest absolute Gasteiger partial charge is 0.480 e. The minimum atomic E-state index is -1.19. The molecule has 3 N–H and O–H groups in total. The Hall–Kier alpha value is -2.87. The van der Waals surface area contributed by atoms with E-state index in [2.05, 4.69) is 26.6 Å². The van der Waals surface area contributed by atoms with Gasteiger partial charge in [0.25, 0.3) is 11.8 Å². The average molecular weight is 393 g/mol. The van der Waals surface area contributed by atoms with Crippen molar-refractivity contribution in [1.82, 2.24) is 10.6 Å². The van der Waals surface area contributed by atoms with Crippen LogP contribution in [0.25, 0.3) is 6.08 Å². The summed E-state index contributed by atoms with van der Waals surface area (Å²) in [7, 11) is 0. The molecule has 1 heterocycles. The highest BCUT2D eigenvalue weighted by Crippen LogP contribution is 2.13. The monoisotopic (exact) mass is 392 g/mol. The summed E-state index contributed by atoms with van der Waals surface area (Å²) < 4.78 is 5.83. The van der Waals surface area contributed by atoms with Crippen molar-refractivity contribution in [2.24, 2.45) is 0 Å². The van der Waals surface area contributed by atoms with Gasteiger partial charge in [-0.15, -0.1) is 0 Å². The van der Waals surface area contributed by atoms with Crippen LogP contribution in [0.2, 0.25) is 0 Å². The zero-order valence-electron chi connectivity index (χ0n) is 12.3. The standard InChI is InChI=1S/C16H13BrN2O5/c17-11-5-3-10(4-6-11)8-12(15(22)18-9-14(20)21)19-16(23)13-2-1-7-24-13/h1-8H,9H2,(H,18,22)(H,19,23)(H,20,21). The van der Waals surface area contributed by atoms with Crippen LogP contribution < -0.4 is 10.6 Å². The van der Waals surface area contributed by atoms with Crippen molar-refractivity contribution in [1.29, 1.82) is 0 Å². The minimum Gasteiger partial charge on any atom is -0.480 e. The maximum absolute atomic E-state index is 12.1. The number of carboxylic acids is 1. The smallest absolute Gasteiger partial charge is 0.322 e. The number of aliphatic carboxylic acids is 1. The molecule has 2 rings (SSSR count). The van der Waals surface area contributed by atoms with Gasteiger partial charge in [0.1, 0.15) is 12.2 Å². The third kappa shape index (κ3) is 5.10. The van der Waals surface area contributed by atoms with Crippen LogP contribution in [0.15, 0.2) is 57.2 Å². The Balaban J connectivity index is 2.23. The van der Waals surface area contributed by atoms with Gasteiger partial charge in [-0.2, -0.15) is 0 Å². The van der Waals surface area contributed by atoms with Crippen LogP contribution in [-0.2, 0) is 9.59 Å². The summed E-state index contributed by atoms with van der Waals surface area (Å²) in [4.78, 5) is 34.8. The molecule has 2 amide bonds. The molecule has 0 aliphatic rings. The van der Waals surface area contributed by atoms with Crippen molar-refractivity contribution >= 4 is 39.8 Å². The fourth-order valence-electron chi connectivity index (χ4n) is 1.73. The topological polar surface area (TPSA) is 109 Å². The molecule has 24 heavy (non-hydrogen) atoms. The number of benzene rings is 1. The van der Waals surface area contributed by atoms with E-state index in [1.165, 1.54) is 24.5 Å². The molecule has 1 aromatic heterocycles. The molecule has 0 atom stereocenters.